The highest BCUT2D eigenvalue weighted by Gasteiger charge is 2.09. The van der Waals surface area contributed by atoms with Gasteiger partial charge in [0.25, 0.3) is 0 Å². The van der Waals surface area contributed by atoms with Crippen molar-refractivity contribution in [2.45, 2.75) is 20.3 Å². The zero-order chi connectivity index (χ0) is 10.8. The third-order valence-electron chi connectivity index (χ3n) is 2.01. The van der Waals surface area contributed by atoms with Gasteiger partial charge in [0.05, 0.1) is 11.4 Å². The van der Waals surface area contributed by atoms with Crippen molar-refractivity contribution in [2.24, 2.45) is 7.05 Å². The second-order valence-corrected chi connectivity index (χ2v) is 3.29. The molecule has 0 aliphatic rings. The Bertz CT molecular complexity index is 459. The van der Waals surface area contributed by atoms with E-state index in [1.165, 1.54) is 0 Å². The minimum Gasteiger partial charge on any atom is -0.315 e. The molecule has 0 fully saturated rings. The van der Waals surface area contributed by atoms with E-state index in [1.807, 2.05) is 20.2 Å². The van der Waals surface area contributed by atoms with Crippen molar-refractivity contribution in [1.82, 2.24) is 19.9 Å². The van der Waals surface area contributed by atoms with E-state index >= 15 is 0 Å². The van der Waals surface area contributed by atoms with Crippen LogP contribution in [0.2, 0.25) is 0 Å². The molecule has 0 bridgehead atoms. The summed E-state index contributed by atoms with van der Waals surface area (Å²) in [6, 6.07) is 0.398. The zero-order valence-corrected chi connectivity index (χ0v) is 8.98. The Labute approximate surface area is 87.3 Å². The number of rotatable bonds is 3. The first-order valence-corrected chi connectivity index (χ1v) is 4.79. The maximum atomic E-state index is 4.97. The lowest BCUT2D eigenvalue weighted by Crippen LogP contribution is -1.93. The molecule has 0 spiro atoms. The minimum atomic E-state index is 0.398. The largest absolute Gasteiger partial charge is 0.325 e. The molecule has 2 heterocycles. The molecule has 0 saturated carbocycles. The van der Waals surface area contributed by atoms with E-state index in [2.05, 4.69) is 20.6 Å². The summed E-state index contributed by atoms with van der Waals surface area (Å²) in [5.41, 5.74) is 1.89. The highest BCUT2D eigenvalue weighted by Crippen LogP contribution is 2.18. The number of aromatic nitrogens is 4. The Morgan fingerprint density at radius 3 is 2.93 bits per heavy atom. The van der Waals surface area contributed by atoms with Crippen LogP contribution in [-0.4, -0.2) is 19.9 Å². The van der Waals surface area contributed by atoms with Gasteiger partial charge in [-0.2, -0.15) is 10.1 Å². The number of nitrogens with one attached hydrogen (secondary N) is 1. The van der Waals surface area contributed by atoms with E-state index in [4.69, 9.17) is 4.52 Å². The maximum absolute atomic E-state index is 4.97. The number of hydrogen-bond acceptors (Lipinski definition) is 5. The Morgan fingerprint density at radius 2 is 2.33 bits per heavy atom. The highest BCUT2D eigenvalue weighted by atomic mass is 16.5. The molecule has 2 aromatic heterocycles. The van der Waals surface area contributed by atoms with Gasteiger partial charge < -0.3 is 9.84 Å². The van der Waals surface area contributed by atoms with Crippen molar-refractivity contribution in [3.63, 3.8) is 0 Å². The normalized spacial score (nSPS) is 10.6. The lowest BCUT2D eigenvalue weighted by Gasteiger charge is -1.97. The summed E-state index contributed by atoms with van der Waals surface area (Å²) in [4.78, 5) is 4.06. The molecule has 6 heteroatoms. The van der Waals surface area contributed by atoms with Crippen molar-refractivity contribution in [2.75, 3.05) is 5.32 Å². The summed E-state index contributed by atoms with van der Waals surface area (Å²) in [5, 5.41) is 11.0. The van der Waals surface area contributed by atoms with Gasteiger partial charge in [-0.05, 0) is 13.3 Å². The molecule has 2 rings (SSSR count). The molecule has 80 valence electrons. The third kappa shape index (κ3) is 1.98. The molecule has 1 N–H and O–H groups in total. The first kappa shape index (κ1) is 9.70. The summed E-state index contributed by atoms with van der Waals surface area (Å²) in [6.07, 6.45) is 2.74. The van der Waals surface area contributed by atoms with Crippen LogP contribution in [0.3, 0.4) is 0 Å². The standard InChI is InChI=1S/C9H13N5O/c1-4-7-8(5-14(3)12-7)11-9-10-6(2)13-15-9/h5H,4H2,1-3H3,(H,10,11,13). The maximum Gasteiger partial charge on any atom is 0.325 e. The quantitative estimate of drug-likeness (QED) is 0.824. The van der Waals surface area contributed by atoms with Crippen LogP contribution in [0.5, 0.6) is 0 Å². The van der Waals surface area contributed by atoms with Gasteiger partial charge in [-0.15, -0.1) is 0 Å². The molecular weight excluding hydrogens is 194 g/mol. The van der Waals surface area contributed by atoms with Crippen LogP contribution in [0.4, 0.5) is 11.7 Å². The van der Waals surface area contributed by atoms with Crippen LogP contribution >= 0.6 is 0 Å². The van der Waals surface area contributed by atoms with Gasteiger partial charge in [0.1, 0.15) is 0 Å². The molecule has 0 aromatic carbocycles. The van der Waals surface area contributed by atoms with Crippen LogP contribution in [0.25, 0.3) is 0 Å². The molecule has 15 heavy (non-hydrogen) atoms. The van der Waals surface area contributed by atoms with E-state index in [1.54, 1.807) is 11.6 Å². The van der Waals surface area contributed by atoms with E-state index in [-0.39, 0.29) is 0 Å². The zero-order valence-electron chi connectivity index (χ0n) is 8.98. The lowest BCUT2D eigenvalue weighted by atomic mass is 10.3. The monoisotopic (exact) mass is 207 g/mol. The van der Waals surface area contributed by atoms with Crippen LogP contribution in [-0.2, 0) is 13.5 Å². The summed E-state index contributed by atoms with van der Waals surface area (Å²) in [6.45, 7) is 3.82. The van der Waals surface area contributed by atoms with Gasteiger partial charge >= 0.3 is 6.01 Å². The van der Waals surface area contributed by atoms with Gasteiger partial charge in [-0.25, -0.2) is 0 Å². The van der Waals surface area contributed by atoms with Crippen molar-refractivity contribution in [1.29, 1.82) is 0 Å². The van der Waals surface area contributed by atoms with Gasteiger partial charge in [0, 0.05) is 13.2 Å². The van der Waals surface area contributed by atoms with E-state index < -0.39 is 0 Å². The predicted octanol–water partition coefficient (Wildman–Crippen LogP) is 1.42. The van der Waals surface area contributed by atoms with Gasteiger partial charge in [0.2, 0.25) is 0 Å². The molecular formula is C9H13N5O. The second kappa shape index (κ2) is 3.72. The van der Waals surface area contributed by atoms with Crippen molar-refractivity contribution in [3.8, 4) is 0 Å². The third-order valence-corrected chi connectivity index (χ3v) is 2.01. The van der Waals surface area contributed by atoms with Crippen molar-refractivity contribution < 1.29 is 4.52 Å². The fourth-order valence-electron chi connectivity index (χ4n) is 1.36. The first-order valence-electron chi connectivity index (χ1n) is 4.79. The summed E-state index contributed by atoms with van der Waals surface area (Å²) < 4.78 is 6.72. The molecule has 6 nitrogen and oxygen atoms in total. The van der Waals surface area contributed by atoms with Crippen LogP contribution in [0.15, 0.2) is 10.7 Å². The highest BCUT2D eigenvalue weighted by molar-refractivity contribution is 5.54. The molecule has 0 unspecified atom stereocenters. The summed E-state index contributed by atoms with van der Waals surface area (Å²) in [5.74, 6) is 0.611. The van der Waals surface area contributed by atoms with Gasteiger partial charge in [-0.3, -0.25) is 4.68 Å². The minimum absolute atomic E-state index is 0.398. The smallest absolute Gasteiger partial charge is 0.315 e. The van der Waals surface area contributed by atoms with E-state index in [9.17, 15) is 0 Å². The van der Waals surface area contributed by atoms with Crippen molar-refractivity contribution in [3.05, 3.63) is 17.7 Å². The van der Waals surface area contributed by atoms with Crippen molar-refractivity contribution >= 4 is 11.7 Å². The molecule has 0 saturated heterocycles. The molecule has 0 radical (unpaired) electrons. The number of hydrogen-bond donors (Lipinski definition) is 1. The number of anilines is 2. The van der Waals surface area contributed by atoms with E-state index in [0.29, 0.717) is 11.8 Å². The van der Waals surface area contributed by atoms with Crippen LogP contribution in [0.1, 0.15) is 18.4 Å². The second-order valence-electron chi connectivity index (χ2n) is 3.29. The van der Waals surface area contributed by atoms with Gasteiger partial charge in [0.15, 0.2) is 5.82 Å². The topological polar surface area (TPSA) is 68.8 Å². The molecule has 0 aliphatic heterocycles. The number of aryl methyl sites for hydroxylation is 3. The Kier molecular flexibility index (Phi) is 2.40. The number of nitrogens with zero attached hydrogens (tertiary/aromatic N) is 4. The molecule has 0 atom stereocenters. The average Bonchev–Trinajstić information content (AvgIpc) is 2.73. The lowest BCUT2D eigenvalue weighted by molar-refractivity contribution is 0.428. The summed E-state index contributed by atoms with van der Waals surface area (Å²) >= 11 is 0. The van der Waals surface area contributed by atoms with E-state index in [0.717, 1.165) is 17.8 Å². The Hall–Kier alpha value is -1.85. The SMILES string of the molecule is CCc1nn(C)cc1Nc1nc(C)no1. The molecule has 0 amide bonds. The van der Waals surface area contributed by atoms with Crippen LogP contribution in [0, 0.1) is 6.92 Å². The first-order chi connectivity index (χ1) is 7.19. The predicted molar refractivity (Wildman–Crippen MR) is 54.9 cm³/mol. The average molecular weight is 207 g/mol. The fraction of sp³-hybridized carbons (Fsp3) is 0.444. The van der Waals surface area contributed by atoms with Crippen LogP contribution < -0.4 is 5.32 Å². The Balaban J connectivity index is 2.23. The summed E-state index contributed by atoms with van der Waals surface area (Å²) in [7, 11) is 1.88. The van der Waals surface area contributed by atoms with Gasteiger partial charge in [-0.1, -0.05) is 12.1 Å². The Morgan fingerprint density at radius 1 is 1.53 bits per heavy atom. The molecule has 2 aromatic rings. The molecule has 0 aliphatic carbocycles. The fourth-order valence-corrected chi connectivity index (χ4v) is 1.36.